The van der Waals surface area contributed by atoms with Crippen LogP contribution in [0.5, 0.6) is 17.2 Å². The van der Waals surface area contributed by atoms with Crippen LogP contribution >= 0.6 is 15.9 Å². The molecule has 0 heterocycles. The van der Waals surface area contributed by atoms with Crippen LogP contribution < -0.4 is 19.5 Å². The molecule has 1 atom stereocenters. The molecule has 0 fully saturated rings. The summed E-state index contributed by atoms with van der Waals surface area (Å²) in [7, 11) is 3.02. The Bertz CT molecular complexity index is 1310. The van der Waals surface area contributed by atoms with Crippen molar-refractivity contribution in [2.75, 3.05) is 14.2 Å². The molecule has 37 heavy (non-hydrogen) atoms. The molecule has 1 amide bonds. The van der Waals surface area contributed by atoms with Crippen molar-refractivity contribution in [3.63, 3.8) is 0 Å². The van der Waals surface area contributed by atoms with Crippen molar-refractivity contribution in [1.82, 2.24) is 5.32 Å². The number of hydrogen-bond donors (Lipinski definition) is 2. The number of nitrogens with zero attached hydrogens (tertiary/aromatic N) is 1. The molecule has 9 heteroatoms. The molecule has 0 saturated heterocycles. The van der Waals surface area contributed by atoms with E-state index in [1.165, 1.54) is 14.2 Å². The number of benzene rings is 3. The highest BCUT2D eigenvalue weighted by molar-refractivity contribution is 9.10. The Hall–Kier alpha value is -4.03. The summed E-state index contributed by atoms with van der Waals surface area (Å²) in [5, 5.41) is 21.6. The first-order valence-electron chi connectivity index (χ1n) is 11.4. The Morgan fingerprint density at radius 3 is 2.16 bits per heavy atom. The predicted octanol–water partition coefficient (Wildman–Crippen LogP) is 5.22. The monoisotopic (exact) mass is 566 g/mol. The minimum absolute atomic E-state index is 0.0722. The topological polar surface area (TPSA) is 118 Å². The molecule has 0 aliphatic heterocycles. The van der Waals surface area contributed by atoms with Crippen LogP contribution in [0.4, 0.5) is 0 Å². The second-order valence-corrected chi connectivity index (χ2v) is 9.30. The number of carbonyl (C=O) groups excluding carboxylic acids is 1. The average Bonchev–Trinajstić information content (AvgIpc) is 2.88. The third-order valence-electron chi connectivity index (χ3n) is 5.48. The molecule has 0 aliphatic carbocycles. The van der Waals surface area contributed by atoms with Crippen LogP contribution in [-0.2, 0) is 11.2 Å². The zero-order chi connectivity index (χ0) is 27.1. The minimum Gasteiger partial charge on any atom is -0.496 e. The fourth-order valence-electron chi connectivity index (χ4n) is 3.76. The van der Waals surface area contributed by atoms with Gasteiger partial charge in [-0.05, 0) is 71.2 Å². The van der Waals surface area contributed by atoms with E-state index in [1.807, 2.05) is 26.0 Å². The van der Waals surface area contributed by atoms with Crippen molar-refractivity contribution in [1.29, 1.82) is 5.26 Å². The van der Waals surface area contributed by atoms with Gasteiger partial charge in [0.1, 0.15) is 23.3 Å². The number of nitriles is 1. The molecular formula is C28H27BrN2O6. The van der Waals surface area contributed by atoms with Gasteiger partial charge in [0, 0.05) is 10.9 Å². The summed E-state index contributed by atoms with van der Waals surface area (Å²) >= 11 is 3.35. The van der Waals surface area contributed by atoms with Crippen LogP contribution in [0.15, 0.2) is 59.1 Å². The number of methoxy groups -OCH3 is 2. The first-order valence-corrected chi connectivity index (χ1v) is 12.2. The molecule has 3 aromatic rings. The average molecular weight is 567 g/mol. The number of amides is 1. The highest BCUT2D eigenvalue weighted by Crippen LogP contribution is 2.39. The van der Waals surface area contributed by atoms with Gasteiger partial charge in [-0.15, -0.1) is 0 Å². The summed E-state index contributed by atoms with van der Waals surface area (Å²) in [4.78, 5) is 24.9. The maximum Gasteiger partial charge on any atom is 0.326 e. The maximum atomic E-state index is 12.9. The minimum atomic E-state index is -1.15. The van der Waals surface area contributed by atoms with E-state index < -0.39 is 17.9 Å². The number of ether oxygens (including phenoxy) is 3. The molecule has 0 radical (unpaired) electrons. The fourth-order valence-corrected chi connectivity index (χ4v) is 4.19. The summed E-state index contributed by atoms with van der Waals surface area (Å²) in [5.74, 6) is -0.211. The zero-order valence-corrected chi connectivity index (χ0v) is 22.5. The molecule has 3 rings (SSSR count). The summed E-state index contributed by atoms with van der Waals surface area (Å²) in [6.07, 6.45) is -0.000888. The predicted molar refractivity (Wildman–Crippen MR) is 142 cm³/mol. The molecule has 0 spiro atoms. The van der Waals surface area contributed by atoms with Gasteiger partial charge in [0.15, 0.2) is 0 Å². The summed E-state index contributed by atoms with van der Waals surface area (Å²) in [6.45, 7) is 3.75. The SMILES string of the molecule is COc1cc(C#N)cc(OC)c1-c1ccc(CC(NC(=O)c2cc(OC(C)C)ccc2Br)C(=O)O)cc1. The fraction of sp³-hybridized carbons (Fsp3) is 0.250. The van der Waals surface area contributed by atoms with Crippen LogP contribution in [-0.4, -0.2) is 43.3 Å². The third-order valence-corrected chi connectivity index (χ3v) is 6.17. The van der Waals surface area contributed by atoms with Crippen LogP contribution in [0, 0.1) is 11.3 Å². The summed E-state index contributed by atoms with van der Waals surface area (Å²) in [5.41, 5.74) is 2.83. The van der Waals surface area contributed by atoms with Crippen molar-refractivity contribution >= 4 is 27.8 Å². The summed E-state index contributed by atoms with van der Waals surface area (Å²) < 4.78 is 17.1. The quantitative estimate of drug-likeness (QED) is 0.345. The van der Waals surface area contributed by atoms with E-state index in [0.29, 0.717) is 38.4 Å². The van der Waals surface area contributed by atoms with Gasteiger partial charge in [-0.3, -0.25) is 4.79 Å². The van der Waals surface area contributed by atoms with Gasteiger partial charge in [-0.25, -0.2) is 4.79 Å². The third kappa shape index (κ3) is 6.80. The molecule has 0 aliphatic rings. The second kappa shape index (κ2) is 12.3. The van der Waals surface area contributed by atoms with Gasteiger partial charge in [0.2, 0.25) is 0 Å². The Morgan fingerprint density at radius 2 is 1.65 bits per heavy atom. The van der Waals surface area contributed by atoms with Crippen molar-refractivity contribution < 1.29 is 28.9 Å². The van der Waals surface area contributed by atoms with Gasteiger partial charge in [-0.2, -0.15) is 5.26 Å². The van der Waals surface area contributed by atoms with E-state index in [2.05, 4.69) is 27.3 Å². The lowest BCUT2D eigenvalue weighted by molar-refractivity contribution is -0.139. The van der Waals surface area contributed by atoms with Crippen molar-refractivity contribution in [2.45, 2.75) is 32.4 Å². The van der Waals surface area contributed by atoms with Gasteiger partial charge < -0.3 is 24.6 Å². The number of rotatable bonds is 10. The Kier molecular flexibility index (Phi) is 9.15. The number of carbonyl (C=O) groups is 2. The normalized spacial score (nSPS) is 11.4. The van der Waals surface area contributed by atoms with Gasteiger partial charge >= 0.3 is 5.97 Å². The van der Waals surface area contributed by atoms with E-state index in [0.717, 1.165) is 5.56 Å². The van der Waals surface area contributed by atoms with E-state index in [-0.39, 0.29) is 18.1 Å². The smallest absolute Gasteiger partial charge is 0.326 e. The lowest BCUT2D eigenvalue weighted by Gasteiger charge is -2.17. The Balaban J connectivity index is 1.82. The lowest BCUT2D eigenvalue weighted by atomic mass is 9.98. The van der Waals surface area contributed by atoms with E-state index in [4.69, 9.17) is 14.2 Å². The lowest BCUT2D eigenvalue weighted by Crippen LogP contribution is -2.42. The van der Waals surface area contributed by atoms with Crippen LogP contribution in [0.1, 0.15) is 35.3 Å². The number of nitrogens with one attached hydrogen (secondary N) is 1. The first-order chi connectivity index (χ1) is 17.7. The van der Waals surface area contributed by atoms with Crippen LogP contribution in [0.25, 0.3) is 11.1 Å². The molecule has 3 aromatic carbocycles. The van der Waals surface area contributed by atoms with Gasteiger partial charge in [-0.1, -0.05) is 24.3 Å². The van der Waals surface area contributed by atoms with Crippen molar-refractivity contribution in [3.8, 4) is 34.4 Å². The molecular weight excluding hydrogens is 540 g/mol. The number of carboxylic acid groups (broad SMARTS) is 1. The van der Waals surface area contributed by atoms with Crippen molar-refractivity contribution in [2.24, 2.45) is 0 Å². The standard InChI is InChI=1S/C28H27BrN2O6/c1-16(2)37-20-9-10-22(29)21(14-20)27(32)31-23(28(33)34)11-17-5-7-19(8-6-17)26-24(35-3)12-18(15-30)13-25(26)36-4/h5-10,12-14,16,23H,11H2,1-4H3,(H,31,32)(H,33,34). The van der Waals surface area contributed by atoms with E-state index in [9.17, 15) is 20.0 Å². The second-order valence-electron chi connectivity index (χ2n) is 8.44. The van der Waals surface area contributed by atoms with E-state index >= 15 is 0 Å². The number of aliphatic carboxylic acids is 1. The highest BCUT2D eigenvalue weighted by Gasteiger charge is 2.23. The van der Waals surface area contributed by atoms with Crippen LogP contribution in [0.2, 0.25) is 0 Å². The van der Waals surface area contributed by atoms with Crippen molar-refractivity contribution in [3.05, 3.63) is 75.8 Å². The number of halogens is 1. The van der Waals surface area contributed by atoms with E-state index in [1.54, 1.807) is 42.5 Å². The largest absolute Gasteiger partial charge is 0.496 e. The van der Waals surface area contributed by atoms with Gasteiger partial charge in [0.05, 0.1) is 43.1 Å². The number of carboxylic acids is 1. The Morgan fingerprint density at radius 1 is 1.03 bits per heavy atom. The number of hydrogen-bond acceptors (Lipinski definition) is 6. The molecule has 2 N–H and O–H groups in total. The molecule has 8 nitrogen and oxygen atoms in total. The molecule has 0 aromatic heterocycles. The molecule has 0 bridgehead atoms. The molecule has 0 saturated carbocycles. The van der Waals surface area contributed by atoms with Crippen LogP contribution in [0.3, 0.4) is 0 Å². The molecule has 192 valence electrons. The maximum absolute atomic E-state index is 12.9. The van der Waals surface area contributed by atoms with Gasteiger partial charge in [0.25, 0.3) is 5.91 Å². The highest BCUT2D eigenvalue weighted by atomic mass is 79.9. The Labute approximate surface area is 223 Å². The molecule has 1 unspecified atom stereocenters. The zero-order valence-electron chi connectivity index (χ0n) is 20.9. The summed E-state index contributed by atoms with van der Waals surface area (Å²) in [6, 6.07) is 16.4. The first kappa shape index (κ1) is 27.6.